The van der Waals surface area contributed by atoms with Gasteiger partial charge in [-0.3, -0.25) is 4.79 Å². The van der Waals surface area contributed by atoms with E-state index >= 15 is 0 Å². The zero-order valence-corrected chi connectivity index (χ0v) is 12.1. The topological polar surface area (TPSA) is 55.1 Å². The van der Waals surface area contributed by atoms with Gasteiger partial charge < -0.3 is 9.84 Å². The van der Waals surface area contributed by atoms with Crippen LogP contribution in [0.5, 0.6) is 0 Å². The third-order valence-electron chi connectivity index (χ3n) is 3.30. The summed E-state index contributed by atoms with van der Waals surface area (Å²) in [5, 5.41) is 6.85. The fourth-order valence-electron chi connectivity index (χ4n) is 1.90. The van der Waals surface area contributed by atoms with E-state index < -0.39 is 0 Å². The van der Waals surface area contributed by atoms with Crippen LogP contribution >= 0.6 is 0 Å². The largest absolute Gasteiger partial charge is 0.359 e. The van der Waals surface area contributed by atoms with Gasteiger partial charge in [0.1, 0.15) is 0 Å². The van der Waals surface area contributed by atoms with E-state index in [0.29, 0.717) is 18.2 Å². The molecule has 1 aromatic carbocycles. The number of carbonyl (C=O) groups excluding carboxylic acids is 1. The number of amides is 1. The molecule has 20 heavy (non-hydrogen) atoms. The van der Waals surface area contributed by atoms with E-state index in [9.17, 15) is 4.79 Å². The number of rotatable bonds is 5. The third-order valence-corrected chi connectivity index (χ3v) is 3.30. The molecule has 1 atom stereocenters. The molecule has 1 unspecified atom stereocenters. The SMILES string of the molecule is CC(C)c1cc(CNC(=O)C(C)c2ccccc2)on1. The molecule has 2 aromatic rings. The summed E-state index contributed by atoms with van der Waals surface area (Å²) in [7, 11) is 0. The zero-order chi connectivity index (χ0) is 14.5. The molecule has 4 heteroatoms. The Morgan fingerprint density at radius 1 is 1.25 bits per heavy atom. The van der Waals surface area contributed by atoms with Gasteiger partial charge in [0.05, 0.1) is 18.2 Å². The molecule has 1 aromatic heterocycles. The normalized spacial score (nSPS) is 12.4. The number of benzene rings is 1. The Morgan fingerprint density at radius 3 is 2.55 bits per heavy atom. The minimum atomic E-state index is -0.177. The van der Waals surface area contributed by atoms with Crippen LogP contribution in [0, 0.1) is 0 Å². The van der Waals surface area contributed by atoms with Crippen LogP contribution < -0.4 is 5.32 Å². The quantitative estimate of drug-likeness (QED) is 0.909. The van der Waals surface area contributed by atoms with Crippen molar-refractivity contribution in [2.24, 2.45) is 0 Å². The van der Waals surface area contributed by atoms with E-state index in [2.05, 4.69) is 24.3 Å². The van der Waals surface area contributed by atoms with Crippen molar-refractivity contribution in [2.75, 3.05) is 0 Å². The van der Waals surface area contributed by atoms with Gasteiger partial charge in [0.15, 0.2) is 5.76 Å². The molecule has 0 radical (unpaired) electrons. The van der Waals surface area contributed by atoms with Gasteiger partial charge in [0.2, 0.25) is 5.91 Å². The van der Waals surface area contributed by atoms with Crippen molar-refractivity contribution >= 4 is 5.91 Å². The van der Waals surface area contributed by atoms with Gasteiger partial charge in [-0.1, -0.05) is 49.3 Å². The van der Waals surface area contributed by atoms with Gasteiger partial charge >= 0.3 is 0 Å². The molecule has 1 N–H and O–H groups in total. The van der Waals surface area contributed by atoms with Crippen molar-refractivity contribution in [1.29, 1.82) is 0 Å². The molecule has 1 amide bonds. The summed E-state index contributed by atoms with van der Waals surface area (Å²) in [6.45, 7) is 6.37. The van der Waals surface area contributed by atoms with E-state index in [-0.39, 0.29) is 11.8 Å². The number of nitrogens with one attached hydrogen (secondary N) is 1. The molecule has 0 saturated heterocycles. The van der Waals surface area contributed by atoms with Crippen molar-refractivity contribution in [2.45, 2.75) is 39.2 Å². The molecule has 0 bridgehead atoms. The summed E-state index contributed by atoms with van der Waals surface area (Å²) in [5.41, 5.74) is 1.91. The van der Waals surface area contributed by atoms with Crippen LogP contribution in [-0.2, 0) is 11.3 Å². The highest BCUT2D eigenvalue weighted by Crippen LogP contribution is 2.16. The first-order chi connectivity index (χ1) is 9.58. The van der Waals surface area contributed by atoms with Crippen molar-refractivity contribution in [1.82, 2.24) is 10.5 Å². The number of aromatic nitrogens is 1. The van der Waals surface area contributed by atoms with E-state index in [1.165, 1.54) is 0 Å². The molecule has 0 aliphatic carbocycles. The Balaban J connectivity index is 1.91. The van der Waals surface area contributed by atoms with E-state index in [1.807, 2.05) is 43.3 Å². The lowest BCUT2D eigenvalue weighted by Crippen LogP contribution is -2.27. The Hall–Kier alpha value is -2.10. The van der Waals surface area contributed by atoms with Gasteiger partial charge in [-0.05, 0) is 18.4 Å². The first-order valence-electron chi connectivity index (χ1n) is 6.86. The standard InChI is InChI=1S/C16H20N2O2/c1-11(2)15-9-14(20-18-15)10-17-16(19)12(3)13-7-5-4-6-8-13/h4-9,11-12H,10H2,1-3H3,(H,17,19). The van der Waals surface area contributed by atoms with E-state index in [1.54, 1.807) is 0 Å². The van der Waals surface area contributed by atoms with Crippen LogP contribution in [0.2, 0.25) is 0 Å². The maximum absolute atomic E-state index is 12.1. The van der Waals surface area contributed by atoms with Gasteiger partial charge in [0, 0.05) is 6.07 Å². The molecule has 2 rings (SSSR count). The Bertz CT molecular complexity index is 561. The molecule has 0 saturated carbocycles. The van der Waals surface area contributed by atoms with Crippen LogP contribution in [0.1, 0.15) is 49.6 Å². The highest BCUT2D eigenvalue weighted by Gasteiger charge is 2.15. The van der Waals surface area contributed by atoms with E-state index in [4.69, 9.17) is 4.52 Å². The summed E-state index contributed by atoms with van der Waals surface area (Å²) in [4.78, 5) is 12.1. The lowest BCUT2D eigenvalue weighted by molar-refractivity contribution is -0.122. The second kappa shape index (κ2) is 6.37. The summed E-state index contributed by atoms with van der Waals surface area (Å²) in [6, 6.07) is 11.6. The zero-order valence-electron chi connectivity index (χ0n) is 12.1. The Morgan fingerprint density at radius 2 is 1.95 bits per heavy atom. The van der Waals surface area contributed by atoms with Crippen LogP contribution in [0.25, 0.3) is 0 Å². The predicted octanol–water partition coefficient (Wildman–Crippen LogP) is 3.22. The molecular formula is C16H20N2O2. The third kappa shape index (κ3) is 3.47. The second-order valence-corrected chi connectivity index (χ2v) is 5.22. The second-order valence-electron chi connectivity index (χ2n) is 5.22. The van der Waals surface area contributed by atoms with Crippen LogP contribution in [-0.4, -0.2) is 11.1 Å². The molecule has 0 aliphatic heterocycles. The Kier molecular flexibility index (Phi) is 4.56. The molecule has 1 heterocycles. The number of nitrogens with zero attached hydrogens (tertiary/aromatic N) is 1. The van der Waals surface area contributed by atoms with Crippen molar-refractivity contribution < 1.29 is 9.32 Å². The lowest BCUT2D eigenvalue weighted by Gasteiger charge is -2.11. The minimum absolute atomic E-state index is 0.0151. The van der Waals surface area contributed by atoms with Gasteiger partial charge in [-0.25, -0.2) is 0 Å². The summed E-state index contributed by atoms with van der Waals surface area (Å²) < 4.78 is 5.20. The summed E-state index contributed by atoms with van der Waals surface area (Å²) in [5.74, 6) is 0.816. The van der Waals surface area contributed by atoms with Crippen molar-refractivity contribution in [3.8, 4) is 0 Å². The van der Waals surface area contributed by atoms with Gasteiger partial charge in [-0.15, -0.1) is 0 Å². The Labute approximate surface area is 119 Å². The average molecular weight is 272 g/mol. The number of hydrogen-bond acceptors (Lipinski definition) is 3. The minimum Gasteiger partial charge on any atom is -0.359 e. The smallest absolute Gasteiger partial charge is 0.227 e. The number of hydrogen-bond donors (Lipinski definition) is 1. The van der Waals surface area contributed by atoms with E-state index in [0.717, 1.165) is 11.3 Å². The monoisotopic (exact) mass is 272 g/mol. The molecule has 0 spiro atoms. The molecule has 0 aliphatic rings. The maximum Gasteiger partial charge on any atom is 0.227 e. The van der Waals surface area contributed by atoms with Crippen LogP contribution in [0.15, 0.2) is 40.9 Å². The van der Waals surface area contributed by atoms with Crippen LogP contribution in [0.3, 0.4) is 0 Å². The number of carbonyl (C=O) groups is 1. The summed E-state index contributed by atoms with van der Waals surface area (Å²) in [6.07, 6.45) is 0. The first-order valence-corrected chi connectivity index (χ1v) is 6.86. The molecule has 106 valence electrons. The van der Waals surface area contributed by atoms with Gasteiger partial charge in [-0.2, -0.15) is 0 Å². The average Bonchev–Trinajstić information content (AvgIpc) is 2.94. The predicted molar refractivity (Wildman–Crippen MR) is 77.3 cm³/mol. The fraction of sp³-hybridized carbons (Fsp3) is 0.375. The lowest BCUT2D eigenvalue weighted by atomic mass is 10.0. The first kappa shape index (κ1) is 14.3. The highest BCUT2D eigenvalue weighted by atomic mass is 16.5. The summed E-state index contributed by atoms with van der Waals surface area (Å²) >= 11 is 0. The fourth-order valence-corrected chi connectivity index (χ4v) is 1.90. The van der Waals surface area contributed by atoms with Gasteiger partial charge in [0.25, 0.3) is 0 Å². The van der Waals surface area contributed by atoms with Crippen molar-refractivity contribution in [3.63, 3.8) is 0 Å². The van der Waals surface area contributed by atoms with Crippen LogP contribution in [0.4, 0.5) is 0 Å². The molecular weight excluding hydrogens is 252 g/mol. The van der Waals surface area contributed by atoms with Crippen molar-refractivity contribution in [3.05, 3.63) is 53.4 Å². The maximum atomic E-state index is 12.1. The molecule has 0 fully saturated rings. The highest BCUT2D eigenvalue weighted by molar-refractivity contribution is 5.83. The molecule has 4 nitrogen and oxygen atoms in total.